The van der Waals surface area contributed by atoms with Crippen LogP contribution in [0.4, 0.5) is 15.8 Å². The van der Waals surface area contributed by atoms with Crippen LogP contribution in [0, 0.1) is 22.9 Å². The Morgan fingerprint density at radius 2 is 2.05 bits per heavy atom. The second-order valence-corrected chi connectivity index (χ2v) is 4.79. The van der Waals surface area contributed by atoms with E-state index in [2.05, 4.69) is 5.32 Å². The third-order valence-corrected chi connectivity index (χ3v) is 3.14. The number of rotatable bonds is 4. The van der Waals surface area contributed by atoms with Crippen LogP contribution in [0.25, 0.3) is 0 Å². The number of halogens is 2. The molecule has 0 bridgehead atoms. The lowest BCUT2D eigenvalue weighted by molar-refractivity contribution is -0.387. The predicted molar refractivity (Wildman–Crippen MR) is 76.6 cm³/mol. The molecule has 0 saturated carbocycles. The smallest absolute Gasteiger partial charge is 0.304 e. The van der Waals surface area contributed by atoms with Gasteiger partial charge in [0.25, 0.3) is 0 Å². The normalized spacial score (nSPS) is 10.3. The van der Waals surface area contributed by atoms with Gasteiger partial charge in [0.05, 0.1) is 15.6 Å². The van der Waals surface area contributed by atoms with E-state index in [4.69, 9.17) is 11.6 Å². The molecule has 0 radical (unpaired) electrons. The highest BCUT2D eigenvalue weighted by Crippen LogP contribution is 2.24. The second kappa shape index (κ2) is 5.88. The average Bonchev–Trinajstić information content (AvgIpc) is 2.39. The highest BCUT2D eigenvalue weighted by Gasteiger charge is 2.13. The van der Waals surface area contributed by atoms with Gasteiger partial charge in [-0.2, -0.15) is 4.39 Å². The maximum absolute atomic E-state index is 13.5. The number of nitrogens with zero attached hydrogens (tertiary/aromatic N) is 1. The number of nitro groups is 1. The van der Waals surface area contributed by atoms with Crippen molar-refractivity contribution in [1.29, 1.82) is 0 Å². The number of nitrogens with one attached hydrogen (secondary N) is 1. The summed E-state index contributed by atoms with van der Waals surface area (Å²) >= 11 is 6.03. The molecule has 2 rings (SSSR count). The Kier molecular flexibility index (Phi) is 4.20. The number of benzene rings is 2. The Morgan fingerprint density at radius 1 is 1.30 bits per heavy atom. The Balaban J connectivity index is 2.13. The van der Waals surface area contributed by atoms with Crippen molar-refractivity contribution in [3.63, 3.8) is 0 Å². The van der Waals surface area contributed by atoms with Gasteiger partial charge in [0.2, 0.25) is 5.82 Å². The van der Waals surface area contributed by atoms with Gasteiger partial charge in [-0.15, -0.1) is 0 Å². The number of nitro benzene ring substituents is 1. The van der Waals surface area contributed by atoms with E-state index in [9.17, 15) is 14.5 Å². The first-order chi connectivity index (χ1) is 9.47. The molecule has 4 nitrogen and oxygen atoms in total. The van der Waals surface area contributed by atoms with Gasteiger partial charge in [-0.3, -0.25) is 10.1 Å². The lowest BCUT2D eigenvalue weighted by Gasteiger charge is -2.09. The molecule has 0 aliphatic heterocycles. The summed E-state index contributed by atoms with van der Waals surface area (Å²) in [5.74, 6) is -0.843. The average molecular weight is 295 g/mol. The van der Waals surface area contributed by atoms with Crippen LogP contribution < -0.4 is 5.32 Å². The first kappa shape index (κ1) is 14.3. The standard InChI is InChI=1S/C14H12ClFN2O2/c1-9-2-4-11(15)13(6-9)17-8-10-3-5-14(18(19)20)12(16)7-10/h2-7,17H,8H2,1H3. The Bertz CT molecular complexity index is 662. The zero-order chi connectivity index (χ0) is 14.7. The van der Waals surface area contributed by atoms with Gasteiger partial charge in [0.15, 0.2) is 0 Å². The van der Waals surface area contributed by atoms with Crippen LogP contribution in [0.5, 0.6) is 0 Å². The molecule has 6 heteroatoms. The van der Waals surface area contributed by atoms with Crippen LogP contribution in [0.2, 0.25) is 5.02 Å². The Morgan fingerprint density at radius 3 is 2.70 bits per heavy atom. The van der Waals surface area contributed by atoms with Crippen molar-refractivity contribution >= 4 is 23.0 Å². The zero-order valence-corrected chi connectivity index (χ0v) is 11.4. The van der Waals surface area contributed by atoms with Crippen molar-refractivity contribution in [3.05, 3.63) is 68.5 Å². The maximum Gasteiger partial charge on any atom is 0.304 e. The molecule has 0 unspecified atom stereocenters. The molecule has 104 valence electrons. The third kappa shape index (κ3) is 3.24. The second-order valence-electron chi connectivity index (χ2n) is 4.38. The van der Waals surface area contributed by atoms with Gasteiger partial charge in [0, 0.05) is 12.6 Å². The van der Waals surface area contributed by atoms with Crippen LogP contribution >= 0.6 is 11.6 Å². The summed E-state index contributed by atoms with van der Waals surface area (Å²) in [6, 6.07) is 9.36. The van der Waals surface area contributed by atoms with Gasteiger partial charge in [0.1, 0.15) is 0 Å². The fourth-order valence-electron chi connectivity index (χ4n) is 1.78. The summed E-state index contributed by atoms with van der Waals surface area (Å²) in [6.45, 7) is 2.27. The number of anilines is 1. The minimum atomic E-state index is -0.843. The molecule has 20 heavy (non-hydrogen) atoms. The molecule has 0 heterocycles. The van der Waals surface area contributed by atoms with Crippen LogP contribution in [0.3, 0.4) is 0 Å². The summed E-state index contributed by atoms with van der Waals surface area (Å²) in [5, 5.41) is 14.2. The molecule has 1 N–H and O–H groups in total. The van der Waals surface area contributed by atoms with Gasteiger partial charge in [-0.05, 0) is 36.2 Å². The van der Waals surface area contributed by atoms with E-state index in [1.165, 1.54) is 6.07 Å². The quantitative estimate of drug-likeness (QED) is 0.675. The summed E-state index contributed by atoms with van der Waals surface area (Å²) in [6.07, 6.45) is 0. The Hall–Kier alpha value is -2.14. The minimum Gasteiger partial charge on any atom is -0.380 e. The number of hydrogen-bond acceptors (Lipinski definition) is 3. The lowest BCUT2D eigenvalue weighted by atomic mass is 10.2. The molecular weight excluding hydrogens is 283 g/mol. The molecule has 0 spiro atoms. The van der Waals surface area contributed by atoms with E-state index >= 15 is 0 Å². The highest BCUT2D eigenvalue weighted by atomic mass is 35.5. The predicted octanol–water partition coefficient (Wildman–Crippen LogP) is 4.31. The van der Waals surface area contributed by atoms with E-state index in [1.807, 2.05) is 19.1 Å². The summed E-state index contributed by atoms with van der Waals surface area (Å²) < 4.78 is 13.5. The first-order valence-corrected chi connectivity index (χ1v) is 6.28. The molecule has 0 amide bonds. The van der Waals surface area contributed by atoms with E-state index in [1.54, 1.807) is 6.07 Å². The van der Waals surface area contributed by atoms with E-state index in [0.29, 0.717) is 17.1 Å². The summed E-state index contributed by atoms with van der Waals surface area (Å²) in [4.78, 5) is 9.78. The minimum absolute atomic E-state index is 0.331. The highest BCUT2D eigenvalue weighted by molar-refractivity contribution is 6.33. The summed E-state index contributed by atoms with van der Waals surface area (Å²) in [7, 11) is 0. The fourth-order valence-corrected chi connectivity index (χ4v) is 1.96. The van der Waals surface area contributed by atoms with Crippen LogP contribution in [0.15, 0.2) is 36.4 Å². The molecule has 0 aliphatic carbocycles. The zero-order valence-electron chi connectivity index (χ0n) is 10.7. The van der Waals surface area contributed by atoms with Gasteiger partial charge < -0.3 is 5.32 Å². The molecule has 0 aromatic heterocycles. The van der Waals surface area contributed by atoms with E-state index in [-0.39, 0.29) is 0 Å². The van der Waals surface area contributed by atoms with Gasteiger partial charge >= 0.3 is 5.69 Å². The largest absolute Gasteiger partial charge is 0.380 e. The third-order valence-electron chi connectivity index (χ3n) is 2.81. The van der Waals surface area contributed by atoms with Crippen molar-refractivity contribution in [2.75, 3.05) is 5.32 Å². The van der Waals surface area contributed by atoms with Crippen LogP contribution in [-0.4, -0.2) is 4.92 Å². The van der Waals surface area contributed by atoms with Crippen LogP contribution in [-0.2, 0) is 6.54 Å². The van der Waals surface area contributed by atoms with Crippen molar-refractivity contribution in [2.24, 2.45) is 0 Å². The topological polar surface area (TPSA) is 55.2 Å². The number of hydrogen-bond donors (Lipinski definition) is 1. The number of aryl methyl sites for hydroxylation is 1. The van der Waals surface area contributed by atoms with Gasteiger partial charge in [-0.1, -0.05) is 23.7 Å². The SMILES string of the molecule is Cc1ccc(Cl)c(NCc2ccc([N+](=O)[O-])c(F)c2)c1. The first-order valence-electron chi connectivity index (χ1n) is 5.90. The molecular formula is C14H12ClFN2O2. The molecule has 0 atom stereocenters. The molecule has 2 aromatic carbocycles. The van der Waals surface area contributed by atoms with E-state index in [0.717, 1.165) is 23.4 Å². The van der Waals surface area contributed by atoms with Crippen molar-refractivity contribution in [1.82, 2.24) is 0 Å². The Labute approximate surface area is 120 Å². The van der Waals surface area contributed by atoms with E-state index < -0.39 is 16.4 Å². The maximum atomic E-state index is 13.5. The van der Waals surface area contributed by atoms with Gasteiger partial charge in [-0.25, -0.2) is 0 Å². The fraction of sp³-hybridized carbons (Fsp3) is 0.143. The molecule has 0 aliphatic rings. The van der Waals surface area contributed by atoms with Crippen molar-refractivity contribution in [2.45, 2.75) is 13.5 Å². The monoisotopic (exact) mass is 294 g/mol. The summed E-state index contributed by atoms with van der Waals surface area (Å²) in [5.41, 5.74) is 1.87. The molecule has 0 saturated heterocycles. The van der Waals surface area contributed by atoms with Crippen molar-refractivity contribution in [3.8, 4) is 0 Å². The molecule has 2 aromatic rings. The van der Waals surface area contributed by atoms with Crippen LogP contribution in [0.1, 0.15) is 11.1 Å². The lowest BCUT2D eigenvalue weighted by Crippen LogP contribution is -2.02. The van der Waals surface area contributed by atoms with Crippen molar-refractivity contribution < 1.29 is 9.31 Å². The molecule has 0 fully saturated rings.